The molecule has 0 aliphatic rings. The van der Waals surface area contributed by atoms with E-state index >= 15 is 0 Å². The van der Waals surface area contributed by atoms with Crippen molar-refractivity contribution in [2.75, 3.05) is 0 Å². The van der Waals surface area contributed by atoms with Crippen LogP contribution in [0.15, 0.2) is 12.5 Å². The number of nitrogens with zero attached hydrogens (tertiary/aromatic N) is 2. The molecule has 1 amide bonds. The highest BCUT2D eigenvalue weighted by atomic mass is 79.9. The van der Waals surface area contributed by atoms with Crippen molar-refractivity contribution >= 4 is 22.1 Å². The van der Waals surface area contributed by atoms with E-state index < -0.39 is 5.91 Å². The number of primary amides is 1. The summed E-state index contributed by atoms with van der Waals surface area (Å²) in [7, 11) is 0. The van der Waals surface area contributed by atoms with E-state index in [4.69, 9.17) is 5.73 Å². The number of imidazole rings is 1. The lowest BCUT2D eigenvalue weighted by Crippen LogP contribution is -2.10. The molecule has 0 bridgehead atoms. The summed E-state index contributed by atoms with van der Waals surface area (Å²) in [6.07, 6.45) is 2.93. The Morgan fingerprint density at radius 3 is 2.78 bits per heavy atom. The fourth-order valence-corrected chi connectivity index (χ4v) is 0.714. The lowest BCUT2D eigenvalue weighted by molar-refractivity contribution is 0.0996. The van der Waals surface area contributed by atoms with Gasteiger partial charge in [0.1, 0.15) is 12.0 Å². The van der Waals surface area contributed by atoms with Crippen LogP contribution in [0.4, 0.5) is 0 Å². The Morgan fingerprint density at radius 2 is 2.56 bits per heavy atom. The van der Waals surface area contributed by atoms with Crippen molar-refractivity contribution in [2.45, 2.75) is 0 Å². The third kappa shape index (κ3) is 1.29. The number of rotatable bonds is 1. The van der Waals surface area contributed by atoms with E-state index in [1.165, 1.54) is 16.1 Å². The minimum Gasteiger partial charge on any atom is -0.364 e. The number of carbonyl (C=O) groups is 1. The zero-order valence-corrected chi connectivity index (χ0v) is 6.00. The van der Waals surface area contributed by atoms with Crippen LogP contribution in [0.5, 0.6) is 0 Å². The van der Waals surface area contributed by atoms with E-state index in [1.807, 2.05) is 0 Å². The number of amides is 1. The molecule has 0 saturated heterocycles. The minimum atomic E-state index is -0.520. The summed E-state index contributed by atoms with van der Waals surface area (Å²) in [5.41, 5.74) is 5.15. The highest BCUT2D eigenvalue weighted by molar-refractivity contribution is 9.08. The Labute approximate surface area is 60.0 Å². The predicted octanol–water partition coefficient (Wildman–Crippen LogP) is 0.140. The molecule has 0 aliphatic heterocycles. The van der Waals surface area contributed by atoms with Crippen LogP contribution in [0.25, 0.3) is 0 Å². The molecule has 9 heavy (non-hydrogen) atoms. The first-order valence-electron chi connectivity index (χ1n) is 2.20. The Balaban J connectivity index is 2.98. The summed E-state index contributed by atoms with van der Waals surface area (Å²) < 4.78 is 1.48. The number of nitrogens with two attached hydrogens (primary N) is 1. The van der Waals surface area contributed by atoms with Crippen molar-refractivity contribution in [3.8, 4) is 0 Å². The number of hydrogen-bond donors (Lipinski definition) is 1. The number of halogens is 1. The first-order valence-corrected chi connectivity index (χ1v) is 2.91. The van der Waals surface area contributed by atoms with E-state index in [-0.39, 0.29) is 5.69 Å². The lowest BCUT2D eigenvalue weighted by atomic mass is 10.5. The molecule has 0 aliphatic carbocycles. The molecule has 1 heterocycles. The zero-order valence-electron chi connectivity index (χ0n) is 4.41. The van der Waals surface area contributed by atoms with Crippen LogP contribution in [0.2, 0.25) is 0 Å². The fraction of sp³-hybridized carbons (Fsp3) is 0. The maximum atomic E-state index is 10.3. The summed E-state index contributed by atoms with van der Waals surface area (Å²) in [4.78, 5) is 14.0. The molecular formula is C4H4BrN3O. The summed E-state index contributed by atoms with van der Waals surface area (Å²) in [6, 6.07) is 0. The Kier molecular flexibility index (Phi) is 1.52. The van der Waals surface area contributed by atoms with Gasteiger partial charge in [0, 0.05) is 6.20 Å². The van der Waals surface area contributed by atoms with Crippen LogP contribution < -0.4 is 5.73 Å². The van der Waals surface area contributed by atoms with Gasteiger partial charge in [-0.3, -0.25) is 8.39 Å². The molecule has 1 aromatic rings. The molecule has 48 valence electrons. The minimum absolute atomic E-state index is 0.256. The van der Waals surface area contributed by atoms with Gasteiger partial charge in [-0.25, -0.2) is 4.98 Å². The highest BCUT2D eigenvalue weighted by Crippen LogP contribution is 1.96. The molecule has 1 rings (SSSR count). The fourth-order valence-electron chi connectivity index (χ4n) is 0.428. The molecule has 4 nitrogen and oxygen atoms in total. The summed E-state index contributed by atoms with van der Waals surface area (Å²) in [6.45, 7) is 0. The Bertz CT molecular complexity index is 231. The molecule has 0 aromatic carbocycles. The maximum Gasteiger partial charge on any atom is 0.268 e. The maximum absolute atomic E-state index is 10.3. The first-order chi connectivity index (χ1) is 4.20. The van der Waals surface area contributed by atoms with Crippen LogP contribution in [0.3, 0.4) is 0 Å². The van der Waals surface area contributed by atoms with Gasteiger partial charge in [0.2, 0.25) is 0 Å². The molecule has 0 atom stereocenters. The molecule has 0 unspecified atom stereocenters. The normalized spacial score (nSPS) is 9.44. The molecule has 0 radical (unpaired) electrons. The van der Waals surface area contributed by atoms with E-state index in [1.54, 1.807) is 0 Å². The van der Waals surface area contributed by atoms with Crippen molar-refractivity contribution in [2.24, 2.45) is 5.73 Å². The van der Waals surface area contributed by atoms with Crippen LogP contribution in [-0.2, 0) is 0 Å². The molecule has 0 fully saturated rings. The monoisotopic (exact) mass is 189 g/mol. The zero-order chi connectivity index (χ0) is 6.85. The second-order valence-corrected chi connectivity index (χ2v) is 2.29. The summed E-state index contributed by atoms with van der Waals surface area (Å²) >= 11 is 3.05. The summed E-state index contributed by atoms with van der Waals surface area (Å²) in [5, 5.41) is 0. The van der Waals surface area contributed by atoms with E-state index in [2.05, 4.69) is 21.1 Å². The van der Waals surface area contributed by atoms with Crippen LogP contribution in [0.1, 0.15) is 10.5 Å². The molecule has 0 spiro atoms. The quantitative estimate of drug-likeness (QED) is 0.684. The molecule has 2 N–H and O–H groups in total. The van der Waals surface area contributed by atoms with Gasteiger partial charge in [0.25, 0.3) is 5.91 Å². The largest absolute Gasteiger partial charge is 0.364 e. The third-order valence-corrected chi connectivity index (χ3v) is 1.19. The van der Waals surface area contributed by atoms with Gasteiger partial charge in [-0.05, 0) is 0 Å². The average molecular weight is 190 g/mol. The van der Waals surface area contributed by atoms with Gasteiger partial charge < -0.3 is 5.73 Å². The van der Waals surface area contributed by atoms with Gasteiger partial charge >= 0.3 is 0 Å². The topological polar surface area (TPSA) is 60.9 Å². The Morgan fingerprint density at radius 1 is 1.89 bits per heavy atom. The first kappa shape index (κ1) is 6.28. The highest BCUT2D eigenvalue weighted by Gasteiger charge is 2.01. The Hall–Kier alpha value is -0.840. The van der Waals surface area contributed by atoms with E-state index in [0.717, 1.165) is 0 Å². The number of carbonyl (C=O) groups excluding carboxylic acids is 1. The second kappa shape index (κ2) is 2.18. The van der Waals surface area contributed by atoms with Gasteiger partial charge in [-0.1, -0.05) is 0 Å². The van der Waals surface area contributed by atoms with Crippen LogP contribution in [-0.4, -0.2) is 14.5 Å². The lowest BCUT2D eigenvalue weighted by Gasteiger charge is -1.80. The summed E-state index contributed by atoms with van der Waals surface area (Å²) in [5.74, 6) is -0.520. The number of hydrogen-bond acceptors (Lipinski definition) is 2. The molecule has 1 aromatic heterocycles. The van der Waals surface area contributed by atoms with Crippen molar-refractivity contribution in [3.63, 3.8) is 0 Å². The van der Waals surface area contributed by atoms with Crippen molar-refractivity contribution < 1.29 is 4.79 Å². The van der Waals surface area contributed by atoms with Crippen molar-refractivity contribution in [3.05, 3.63) is 18.2 Å². The van der Waals surface area contributed by atoms with Gasteiger partial charge in [0.05, 0.1) is 16.1 Å². The standard InChI is InChI=1S/C4H4BrN3O/c5-8-1-3(4(6)9)7-2-8/h1-2H,(H2,6,9). The van der Waals surface area contributed by atoms with Crippen molar-refractivity contribution in [1.82, 2.24) is 8.58 Å². The predicted molar refractivity (Wildman–Crippen MR) is 35.1 cm³/mol. The average Bonchev–Trinajstić information content (AvgIpc) is 2.14. The van der Waals surface area contributed by atoms with Crippen molar-refractivity contribution in [1.29, 1.82) is 0 Å². The molecular weight excluding hydrogens is 186 g/mol. The van der Waals surface area contributed by atoms with E-state index in [0.29, 0.717) is 0 Å². The molecule has 5 heteroatoms. The molecule has 0 saturated carbocycles. The second-order valence-electron chi connectivity index (χ2n) is 1.47. The van der Waals surface area contributed by atoms with Gasteiger partial charge in [-0.2, -0.15) is 0 Å². The van der Waals surface area contributed by atoms with E-state index in [9.17, 15) is 4.79 Å². The van der Waals surface area contributed by atoms with Gasteiger partial charge in [0.15, 0.2) is 0 Å². The van der Waals surface area contributed by atoms with Gasteiger partial charge in [-0.15, -0.1) is 0 Å². The van der Waals surface area contributed by atoms with Crippen LogP contribution >= 0.6 is 16.1 Å². The SMILES string of the molecule is NC(=O)c1cn(Br)cn1. The third-order valence-electron chi connectivity index (χ3n) is 0.805. The number of aromatic nitrogens is 2. The van der Waals surface area contributed by atoms with Crippen LogP contribution in [0, 0.1) is 0 Å². The smallest absolute Gasteiger partial charge is 0.268 e.